The highest BCUT2D eigenvalue weighted by molar-refractivity contribution is 6.06. The summed E-state index contributed by atoms with van der Waals surface area (Å²) < 4.78 is 44.9. The molecule has 2 aromatic carbocycles. The standard InChI is InChI=1S/C17H13F3O3/c1-22-14-9-5-13(6-10-14)16(21)11-4-12-2-7-15(8-3-12)23-17(18,19)20/h2-11H,1H3/b11-4+. The van der Waals surface area contributed by atoms with Crippen molar-refractivity contribution in [1.29, 1.82) is 0 Å². The number of hydrogen-bond acceptors (Lipinski definition) is 3. The zero-order chi connectivity index (χ0) is 16.9. The summed E-state index contributed by atoms with van der Waals surface area (Å²) in [4.78, 5) is 12.0. The highest BCUT2D eigenvalue weighted by Crippen LogP contribution is 2.23. The van der Waals surface area contributed by atoms with Crippen LogP contribution >= 0.6 is 0 Å². The average Bonchev–Trinajstić information content (AvgIpc) is 2.52. The molecule has 6 heteroatoms. The minimum absolute atomic E-state index is 0.219. The molecule has 0 atom stereocenters. The second-order valence-corrected chi connectivity index (χ2v) is 4.54. The van der Waals surface area contributed by atoms with Crippen molar-refractivity contribution in [3.63, 3.8) is 0 Å². The van der Waals surface area contributed by atoms with Gasteiger partial charge in [-0.2, -0.15) is 0 Å². The van der Waals surface area contributed by atoms with Gasteiger partial charge in [-0.3, -0.25) is 4.79 Å². The lowest BCUT2D eigenvalue weighted by Gasteiger charge is -2.08. The minimum atomic E-state index is -4.72. The SMILES string of the molecule is COc1ccc(C(=O)/C=C/c2ccc(OC(F)(F)F)cc2)cc1. The number of benzene rings is 2. The molecule has 0 bridgehead atoms. The molecule has 2 aromatic rings. The van der Waals surface area contributed by atoms with Gasteiger partial charge in [0.2, 0.25) is 0 Å². The lowest BCUT2D eigenvalue weighted by Crippen LogP contribution is -2.16. The number of carbonyl (C=O) groups excluding carboxylic acids is 1. The third kappa shape index (κ3) is 5.18. The van der Waals surface area contributed by atoms with Gasteiger partial charge in [0.15, 0.2) is 5.78 Å². The fourth-order valence-corrected chi connectivity index (χ4v) is 1.80. The Kier molecular flexibility index (Phi) is 5.05. The number of ketones is 1. The third-order valence-electron chi connectivity index (χ3n) is 2.92. The Balaban J connectivity index is 2.02. The van der Waals surface area contributed by atoms with Crippen LogP contribution in [0.3, 0.4) is 0 Å². The normalized spacial score (nSPS) is 11.5. The average molecular weight is 322 g/mol. The number of methoxy groups -OCH3 is 1. The molecule has 0 fully saturated rings. The number of carbonyl (C=O) groups is 1. The molecule has 3 nitrogen and oxygen atoms in total. The zero-order valence-corrected chi connectivity index (χ0v) is 12.1. The van der Waals surface area contributed by atoms with E-state index in [4.69, 9.17) is 4.74 Å². The monoisotopic (exact) mass is 322 g/mol. The van der Waals surface area contributed by atoms with Crippen LogP contribution in [-0.4, -0.2) is 19.3 Å². The Morgan fingerprint density at radius 3 is 2.04 bits per heavy atom. The molecule has 0 aliphatic carbocycles. The molecule has 0 aliphatic rings. The molecule has 2 rings (SSSR count). The number of halogens is 3. The van der Waals surface area contributed by atoms with Crippen LogP contribution in [0.15, 0.2) is 54.6 Å². The Morgan fingerprint density at radius 2 is 1.52 bits per heavy atom. The van der Waals surface area contributed by atoms with Crippen molar-refractivity contribution in [2.24, 2.45) is 0 Å². The smallest absolute Gasteiger partial charge is 0.497 e. The van der Waals surface area contributed by atoms with Crippen molar-refractivity contribution >= 4 is 11.9 Å². The minimum Gasteiger partial charge on any atom is -0.497 e. The van der Waals surface area contributed by atoms with E-state index in [1.807, 2.05) is 0 Å². The summed E-state index contributed by atoms with van der Waals surface area (Å²) in [6.45, 7) is 0. The number of rotatable bonds is 5. The third-order valence-corrected chi connectivity index (χ3v) is 2.92. The number of ether oxygens (including phenoxy) is 2. The molecule has 0 unspecified atom stereocenters. The van der Waals surface area contributed by atoms with E-state index in [1.54, 1.807) is 24.3 Å². The maximum atomic E-state index is 12.0. The molecule has 0 amide bonds. The highest BCUT2D eigenvalue weighted by atomic mass is 19.4. The molecule has 0 saturated carbocycles. The number of hydrogen-bond donors (Lipinski definition) is 0. The van der Waals surface area contributed by atoms with E-state index < -0.39 is 6.36 Å². The van der Waals surface area contributed by atoms with Crippen molar-refractivity contribution in [2.45, 2.75) is 6.36 Å². The van der Waals surface area contributed by atoms with Crippen LogP contribution in [0, 0.1) is 0 Å². The van der Waals surface area contributed by atoms with E-state index in [9.17, 15) is 18.0 Å². The quantitative estimate of drug-likeness (QED) is 0.601. The Morgan fingerprint density at radius 1 is 0.957 bits per heavy atom. The summed E-state index contributed by atoms with van der Waals surface area (Å²) in [5.41, 5.74) is 1.07. The molecule has 120 valence electrons. The molecule has 0 radical (unpaired) electrons. The van der Waals surface area contributed by atoms with Crippen molar-refractivity contribution in [3.05, 3.63) is 65.7 Å². The lowest BCUT2D eigenvalue weighted by atomic mass is 10.1. The first-order valence-electron chi connectivity index (χ1n) is 6.60. The fraction of sp³-hybridized carbons (Fsp3) is 0.118. The van der Waals surface area contributed by atoms with Gasteiger partial charge in [0.05, 0.1) is 7.11 Å². The van der Waals surface area contributed by atoms with E-state index in [2.05, 4.69) is 4.74 Å². The van der Waals surface area contributed by atoms with E-state index >= 15 is 0 Å². The summed E-state index contributed by atoms with van der Waals surface area (Å²) >= 11 is 0. The van der Waals surface area contributed by atoms with Gasteiger partial charge < -0.3 is 9.47 Å². The topological polar surface area (TPSA) is 35.5 Å². The molecule has 23 heavy (non-hydrogen) atoms. The Bertz CT molecular complexity index is 687. The van der Waals surface area contributed by atoms with Crippen LogP contribution in [-0.2, 0) is 0 Å². The van der Waals surface area contributed by atoms with Crippen molar-refractivity contribution in [2.75, 3.05) is 7.11 Å². The zero-order valence-electron chi connectivity index (χ0n) is 12.1. The summed E-state index contributed by atoms with van der Waals surface area (Å²) in [6, 6.07) is 11.8. The van der Waals surface area contributed by atoms with Crippen LogP contribution in [0.5, 0.6) is 11.5 Å². The van der Waals surface area contributed by atoms with Crippen molar-refractivity contribution in [3.8, 4) is 11.5 Å². The maximum absolute atomic E-state index is 12.0. The first kappa shape index (κ1) is 16.6. The van der Waals surface area contributed by atoms with Gasteiger partial charge in [-0.25, -0.2) is 0 Å². The van der Waals surface area contributed by atoms with Crippen LogP contribution in [0.2, 0.25) is 0 Å². The molecule has 0 aromatic heterocycles. The van der Waals surface area contributed by atoms with Crippen LogP contribution in [0.25, 0.3) is 6.08 Å². The summed E-state index contributed by atoms with van der Waals surface area (Å²) in [5.74, 6) is 0.116. The Hall–Kier alpha value is -2.76. The predicted molar refractivity (Wildman–Crippen MR) is 79.5 cm³/mol. The maximum Gasteiger partial charge on any atom is 0.573 e. The van der Waals surface area contributed by atoms with E-state index in [-0.39, 0.29) is 11.5 Å². The largest absolute Gasteiger partial charge is 0.573 e. The van der Waals surface area contributed by atoms with E-state index in [1.165, 1.54) is 43.5 Å². The molecule has 0 spiro atoms. The molecular formula is C17H13F3O3. The second-order valence-electron chi connectivity index (χ2n) is 4.54. The van der Waals surface area contributed by atoms with Crippen LogP contribution in [0.1, 0.15) is 15.9 Å². The van der Waals surface area contributed by atoms with Gasteiger partial charge in [0.25, 0.3) is 0 Å². The molecule has 0 heterocycles. The van der Waals surface area contributed by atoms with E-state index in [0.717, 1.165) is 0 Å². The highest BCUT2D eigenvalue weighted by Gasteiger charge is 2.30. The molecule has 0 saturated heterocycles. The summed E-state index contributed by atoms with van der Waals surface area (Å²) in [6.07, 6.45) is -1.85. The van der Waals surface area contributed by atoms with Crippen LogP contribution in [0.4, 0.5) is 13.2 Å². The lowest BCUT2D eigenvalue weighted by molar-refractivity contribution is -0.274. The number of allylic oxidation sites excluding steroid dienone is 1. The number of alkyl halides is 3. The summed E-state index contributed by atoms with van der Waals surface area (Å²) in [7, 11) is 1.53. The second kappa shape index (κ2) is 7.00. The molecule has 0 aliphatic heterocycles. The predicted octanol–water partition coefficient (Wildman–Crippen LogP) is 4.49. The summed E-state index contributed by atoms with van der Waals surface area (Å²) in [5, 5.41) is 0. The Labute approximate surface area is 131 Å². The molecule has 0 N–H and O–H groups in total. The first-order valence-corrected chi connectivity index (χ1v) is 6.60. The van der Waals surface area contributed by atoms with Gasteiger partial charge in [-0.05, 0) is 48.0 Å². The van der Waals surface area contributed by atoms with Gasteiger partial charge in [-0.1, -0.05) is 18.2 Å². The van der Waals surface area contributed by atoms with Gasteiger partial charge >= 0.3 is 6.36 Å². The van der Waals surface area contributed by atoms with Gasteiger partial charge in [-0.15, -0.1) is 13.2 Å². The molecular weight excluding hydrogens is 309 g/mol. The fourth-order valence-electron chi connectivity index (χ4n) is 1.80. The van der Waals surface area contributed by atoms with Crippen LogP contribution < -0.4 is 9.47 Å². The van der Waals surface area contributed by atoms with Crippen molar-refractivity contribution in [1.82, 2.24) is 0 Å². The van der Waals surface area contributed by atoms with Gasteiger partial charge in [0.1, 0.15) is 11.5 Å². The first-order chi connectivity index (χ1) is 10.9. The van der Waals surface area contributed by atoms with Gasteiger partial charge in [0, 0.05) is 5.56 Å². The van der Waals surface area contributed by atoms with E-state index in [0.29, 0.717) is 16.9 Å². The van der Waals surface area contributed by atoms with Crippen molar-refractivity contribution < 1.29 is 27.4 Å².